The summed E-state index contributed by atoms with van der Waals surface area (Å²) >= 11 is 5.91. The molecule has 1 N–H and O–H groups in total. The number of aromatic amines is 1. The minimum atomic E-state index is -0.119. The van der Waals surface area contributed by atoms with Gasteiger partial charge in [-0.1, -0.05) is 50.8 Å². The van der Waals surface area contributed by atoms with Crippen LogP contribution in [0.3, 0.4) is 0 Å². The lowest BCUT2D eigenvalue weighted by atomic mass is 9.90. The Bertz CT molecular complexity index is 898. The Hall–Kier alpha value is -1.88. The van der Waals surface area contributed by atoms with Gasteiger partial charge >= 0.3 is 0 Å². The molecule has 27 heavy (non-hydrogen) atoms. The molecule has 1 amide bonds. The number of benzene rings is 1. The molecule has 0 bridgehead atoms. The summed E-state index contributed by atoms with van der Waals surface area (Å²) in [5.41, 5.74) is 3.79. The number of carbonyl (C=O) groups is 1. The number of H-pyrrole nitrogens is 1. The summed E-state index contributed by atoms with van der Waals surface area (Å²) in [5.74, 6) is 0.240. The van der Waals surface area contributed by atoms with Gasteiger partial charge in [0, 0.05) is 29.1 Å². The van der Waals surface area contributed by atoms with Gasteiger partial charge in [-0.05, 0) is 43.1 Å². The van der Waals surface area contributed by atoms with Gasteiger partial charge in [-0.3, -0.25) is 9.69 Å². The van der Waals surface area contributed by atoms with Crippen LogP contribution in [0.15, 0.2) is 24.3 Å². The molecule has 142 valence electrons. The predicted octanol–water partition coefficient (Wildman–Crippen LogP) is 4.70. The van der Waals surface area contributed by atoms with Crippen LogP contribution >= 0.6 is 12.2 Å². The average molecular weight is 382 g/mol. The summed E-state index contributed by atoms with van der Waals surface area (Å²) in [6.07, 6.45) is 8.72. The Morgan fingerprint density at radius 1 is 1.22 bits per heavy atom. The van der Waals surface area contributed by atoms with Crippen LogP contribution in [0.1, 0.15) is 69.2 Å². The third kappa shape index (κ3) is 2.54. The third-order valence-corrected chi connectivity index (χ3v) is 7.13. The van der Waals surface area contributed by atoms with E-state index in [0.29, 0.717) is 6.04 Å². The average Bonchev–Trinajstić information content (AvgIpc) is 3.37. The van der Waals surface area contributed by atoms with E-state index in [2.05, 4.69) is 41.1 Å². The van der Waals surface area contributed by atoms with Crippen LogP contribution < -0.4 is 0 Å². The standard InChI is InChI=1S/C22H27N3OS/c1-2-3-12-18-20-16(15-10-6-7-11-17(15)23-20)13-19-21(26)24(22(27)25(18)19)14-8-4-5-9-14/h6-7,10-11,14,18-19,23H,2-5,8-9,12-13H2,1H3/t18-,19+/m0/s1. The molecular weight excluding hydrogens is 354 g/mol. The Morgan fingerprint density at radius 3 is 2.78 bits per heavy atom. The van der Waals surface area contributed by atoms with Crippen LogP contribution in [0.4, 0.5) is 0 Å². The van der Waals surface area contributed by atoms with Crippen molar-refractivity contribution in [2.45, 2.75) is 76.4 Å². The van der Waals surface area contributed by atoms with Gasteiger partial charge in [-0.25, -0.2) is 0 Å². The summed E-state index contributed by atoms with van der Waals surface area (Å²) < 4.78 is 0. The molecule has 0 radical (unpaired) electrons. The highest BCUT2D eigenvalue weighted by Crippen LogP contribution is 2.44. The predicted molar refractivity (Wildman–Crippen MR) is 112 cm³/mol. The van der Waals surface area contributed by atoms with E-state index in [1.165, 1.54) is 35.0 Å². The number of aromatic nitrogens is 1. The van der Waals surface area contributed by atoms with Crippen LogP contribution in [-0.4, -0.2) is 37.9 Å². The van der Waals surface area contributed by atoms with Crippen molar-refractivity contribution in [3.05, 3.63) is 35.5 Å². The Kier molecular flexibility index (Phi) is 4.23. The molecule has 1 aromatic heterocycles. The smallest absolute Gasteiger partial charge is 0.252 e. The van der Waals surface area contributed by atoms with Crippen LogP contribution in [0.25, 0.3) is 10.9 Å². The molecule has 3 heterocycles. The molecule has 1 saturated heterocycles. The molecule has 5 rings (SSSR count). The summed E-state index contributed by atoms with van der Waals surface area (Å²) in [6.45, 7) is 2.23. The molecule has 4 nitrogen and oxygen atoms in total. The number of thiocarbonyl (C=S) groups is 1. The maximum absolute atomic E-state index is 13.4. The van der Waals surface area contributed by atoms with Gasteiger partial charge in [0.05, 0.1) is 6.04 Å². The van der Waals surface area contributed by atoms with E-state index in [9.17, 15) is 4.79 Å². The first-order valence-corrected chi connectivity index (χ1v) is 10.9. The molecule has 0 spiro atoms. The van der Waals surface area contributed by atoms with Crippen LogP contribution in [0.5, 0.6) is 0 Å². The largest absolute Gasteiger partial charge is 0.356 e. The molecule has 1 aliphatic carbocycles. The fourth-order valence-corrected chi connectivity index (χ4v) is 5.90. The first-order valence-electron chi connectivity index (χ1n) is 10.5. The van der Waals surface area contributed by atoms with Crippen LogP contribution in [0.2, 0.25) is 0 Å². The van der Waals surface area contributed by atoms with Crippen molar-refractivity contribution in [3.8, 4) is 0 Å². The topological polar surface area (TPSA) is 39.3 Å². The highest BCUT2D eigenvalue weighted by Gasteiger charge is 2.51. The van der Waals surface area contributed by atoms with E-state index in [0.717, 1.165) is 43.6 Å². The number of rotatable bonds is 4. The minimum absolute atomic E-state index is 0.119. The molecule has 2 aliphatic heterocycles. The van der Waals surface area contributed by atoms with Gasteiger partial charge in [-0.2, -0.15) is 0 Å². The highest BCUT2D eigenvalue weighted by atomic mass is 32.1. The molecule has 1 aromatic carbocycles. The van der Waals surface area contributed by atoms with Crippen molar-refractivity contribution in [2.75, 3.05) is 0 Å². The SMILES string of the molecule is CCCC[C@H]1c2[nH]c3ccccc3c2C[C@@H]2C(=O)N(C3CCCC3)C(=S)N21. The number of carbonyl (C=O) groups excluding carboxylic acids is 1. The van der Waals surface area contributed by atoms with E-state index >= 15 is 0 Å². The maximum atomic E-state index is 13.4. The van der Waals surface area contributed by atoms with E-state index < -0.39 is 0 Å². The lowest BCUT2D eigenvalue weighted by Crippen LogP contribution is -2.43. The number of hydrogen-bond donors (Lipinski definition) is 1. The molecule has 0 unspecified atom stereocenters. The Labute approximate surface area is 165 Å². The summed E-state index contributed by atoms with van der Waals surface area (Å²) in [7, 11) is 0. The first kappa shape index (κ1) is 17.2. The lowest BCUT2D eigenvalue weighted by molar-refractivity contribution is -0.129. The summed E-state index contributed by atoms with van der Waals surface area (Å²) in [5, 5.41) is 2.05. The zero-order valence-corrected chi connectivity index (χ0v) is 16.7. The number of unbranched alkanes of at least 4 members (excludes halogenated alkanes) is 1. The number of fused-ring (bicyclic) bond motifs is 4. The highest BCUT2D eigenvalue weighted by molar-refractivity contribution is 7.80. The molecule has 5 heteroatoms. The van der Waals surface area contributed by atoms with E-state index in [1.807, 2.05) is 4.90 Å². The van der Waals surface area contributed by atoms with Crippen molar-refractivity contribution in [3.63, 3.8) is 0 Å². The van der Waals surface area contributed by atoms with Gasteiger partial charge in [0.15, 0.2) is 5.11 Å². The van der Waals surface area contributed by atoms with Crippen molar-refractivity contribution >= 4 is 34.1 Å². The third-order valence-electron chi connectivity index (χ3n) is 6.72. The minimum Gasteiger partial charge on any atom is -0.356 e. The van der Waals surface area contributed by atoms with Gasteiger partial charge in [0.2, 0.25) is 0 Å². The number of amides is 1. The fraction of sp³-hybridized carbons (Fsp3) is 0.545. The monoisotopic (exact) mass is 381 g/mol. The molecule has 2 atom stereocenters. The van der Waals surface area contributed by atoms with Gasteiger partial charge in [0.25, 0.3) is 5.91 Å². The maximum Gasteiger partial charge on any atom is 0.252 e. The van der Waals surface area contributed by atoms with Gasteiger partial charge in [0.1, 0.15) is 6.04 Å². The van der Waals surface area contributed by atoms with E-state index in [1.54, 1.807) is 0 Å². The number of para-hydroxylation sites is 1. The van der Waals surface area contributed by atoms with E-state index in [-0.39, 0.29) is 18.0 Å². The van der Waals surface area contributed by atoms with Gasteiger partial charge < -0.3 is 9.88 Å². The zero-order valence-electron chi connectivity index (χ0n) is 15.9. The second-order valence-corrected chi connectivity index (χ2v) is 8.64. The Morgan fingerprint density at radius 2 is 2.00 bits per heavy atom. The zero-order chi connectivity index (χ0) is 18.5. The lowest BCUT2D eigenvalue weighted by Gasteiger charge is -2.37. The normalized spacial score (nSPS) is 25.5. The number of nitrogens with zero attached hydrogens (tertiary/aromatic N) is 2. The molecule has 3 aliphatic rings. The molecule has 2 aromatic rings. The first-order chi connectivity index (χ1) is 13.2. The van der Waals surface area contributed by atoms with Crippen molar-refractivity contribution in [1.29, 1.82) is 0 Å². The summed E-state index contributed by atoms with van der Waals surface area (Å²) in [6, 6.07) is 8.88. The molecule has 2 fully saturated rings. The number of hydrogen-bond acceptors (Lipinski definition) is 2. The van der Waals surface area contributed by atoms with Crippen molar-refractivity contribution < 1.29 is 4.79 Å². The quantitative estimate of drug-likeness (QED) is 0.781. The van der Waals surface area contributed by atoms with Crippen molar-refractivity contribution in [2.24, 2.45) is 0 Å². The van der Waals surface area contributed by atoms with Crippen LogP contribution in [-0.2, 0) is 11.2 Å². The molecular formula is C22H27N3OS. The fourth-order valence-electron chi connectivity index (χ4n) is 5.40. The Balaban J connectivity index is 1.59. The van der Waals surface area contributed by atoms with E-state index in [4.69, 9.17) is 12.2 Å². The summed E-state index contributed by atoms with van der Waals surface area (Å²) in [4.78, 5) is 21.4. The van der Waals surface area contributed by atoms with Crippen LogP contribution in [0, 0.1) is 0 Å². The van der Waals surface area contributed by atoms with Crippen molar-refractivity contribution in [1.82, 2.24) is 14.8 Å². The van der Waals surface area contributed by atoms with Gasteiger partial charge in [-0.15, -0.1) is 0 Å². The second-order valence-electron chi connectivity index (χ2n) is 8.28. The molecule has 1 saturated carbocycles. The number of nitrogens with one attached hydrogen (secondary N) is 1. The second kappa shape index (κ2) is 6.62.